The fourth-order valence-electron chi connectivity index (χ4n) is 4.59. The van der Waals surface area contributed by atoms with E-state index in [1.807, 2.05) is 36.4 Å². The third-order valence-corrected chi connectivity index (χ3v) is 12.1. The summed E-state index contributed by atoms with van der Waals surface area (Å²) in [5, 5.41) is 0. The van der Waals surface area contributed by atoms with Crippen LogP contribution in [0.1, 0.15) is 32.6 Å². The molecule has 3 aromatic rings. The summed E-state index contributed by atoms with van der Waals surface area (Å²) in [7, 11) is -2.12. The first-order valence-corrected chi connectivity index (χ1v) is 14.6. The molecule has 3 amide bonds. The molecule has 1 aliphatic heterocycles. The average molecular weight is 495 g/mol. The Labute approximate surface area is 207 Å². The number of nitrogens with zero attached hydrogens (tertiary/aromatic N) is 2. The SMILES string of the molecule is CC[Si](CC)(CC)O[C@H]1C(=O)N(C(=O)[N+]([S-])(c2ccccc2)c2ccccc2)[C@H]1c1ccco1. The van der Waals surface area contributed by atoms with Gasteiger partial charge in [0.25, 0.3) is 5.91 Å². The molecule has 0 spiro atoms. The van der Waals surface area contributed by atoms with Gasteiger partial charge in [0.05, 0.1) is 6.26 Å². The molecule has 2 heterocycles. The number of carbonyl (C=O) groups excluding carboxylic acids is 2. The lowest BCUT2D eigenvalue weighted by molar-refractivity contribution is -0.159. The van der Waals surface area contributed by atoms with Crippen molar-refractivity contribution in [1.29, 1.82) is 0 Å². The summed E-state index contributed by atoms with van der Waals surface area (Å²) >= 11 is 6.02. The van der Waals surface area contributed by atoms with E-state index in [1.165, 1.54) is 4.90 Å². The molecule has 0 saturated carbocycles. The first kappa shape index (κ1) is 24.5. The molecule has 0 unspecified atom stereocenters. The monoisotopic (exact) mass is 494 g/mol. The minimum Gasteiger partial charge on any atom is -0.470 e. The van der Waals surface area contributed by atoms with Crippen molar-refractivity contribution in [3.63, 3.8) is 0 Å². The number of carbonyl (C=O) groups is 2. The first-order valence-electron chi connectivity index (χ1n) is 11.7. The van der Waals surface area contributed by atoms with Crippen LogP contribution in [0.3, 0.4) is 0 Å². The Balaban J connectivity index is 1.77. The molecule has 8 heteroatoms. The van der Waals surface area contributed by atoms with Crippen LogP contribution < -0.4 is 3.89 Å². The van der Waals surface area contributed by atoms with E-state index in [0.717, 1.165) is 18.1 Å². The predicted octanol–water partition coefficient (Wildman–Crippen LogP) is 6.47. The summed E-state index contributed by atoms with van der Waals surface area (Å²) in [5.41, 5.74) is 1.17. The van der Waals surface area contributed by atoms with E-state index in [2.05, 4.69) is 20.8 Å². The second-order valence-electron chi connectivity index (χ2n) is 8.51. The van der Waals surface area contributed by atoms with Gasteiger partial charge in [-0.3, -0.25) is 8.68 Å². The summed E-state index contributed by atoms with van der Waals surface area (Å²) in [6.45, 7) is 6.34. The topological polar surface area (TPSA) is 59.8 Å². The molecule has 6 nitrogen and oxygen atoms in total. The molecule has 34 heavy (non-hydrogen) atoms. The number of imide groups is 1. The number of hydrogen-bond acceptors (Lipinski definition) is 5. The van der Waals surface area contributed by atoms with E-state index >= 15 is 0 Å². The number of amides is 3. The number of quaternary nitrogens is 1. The molecular formula is C26H30N2O4SSi. The van der Waals surface area contributed by atoms with Crippen LogP contribution in [0.4, 0.5) is 16.2 Å². The Morgan fingerprint density at radius 2 is 1.47 bits per heavy atom. The number of β-lactam (4-membered cyclic amide) rings is 1. The van der Waals surface area contributed by atoms with Crippen LogP contribution in [0.25, 0.3) is 0 Å². The highest BCUT2D eigenvalue weighted by molar-refractivity contribution is 7.59. The van der Waals surface area contributed by atoms with Gasteiger partial charge in [-0.05, 0) is 54.5 Å². The highest BCUT2D eigenvalue weighted by Gasteiger charge is 2.59. The highest BCUT2D eigenvalue weighted by Crippen LogP contribution is 2.45. The van der Waals surface area contributed by atoms with Crippen LogP contribution in [-0.4, -0.2) is 31.3 Å². The fourth-order valence-corrected chi connectivity index (χ4v) is 7.69. The lowest BCUT2D eigenvalue weighted by atomic mass is 9.96. The molecule has 1 saturated heterocycles. The summed E-state index contributed by atoms with van der Waals surface area (Å²) < 4.78 is 11.7. The molecule has 178 valence electrons. The van der Waals surface area contributed by atoms with Crippen molar-refractivity contribution in [1.82, 2.24) is 8.79 Å². The third kappa shape index (κ3) is 4.05. The Hall–Kier alpha value is -2.65. The maximum Gasteiger partial charge on any atom is 0.418 e. The van der Waals surface area contributed by atoms with Crippen LogP contribution in [0.15, 0.2) is 83.5 Å². The van der Waals surface area contributed by atoms with Gasteiger partial charge in [-0.2, -0.15) is 0 Å². The van der Waals surface area contributed by atoms with Crippen LogP contribution >= 0.6 is 0 Å². The van der Waals surface area contributed by atoms with Crippen LogP contribution in [-0.2, 0) is 22.0 Å². The van der Waals surface area contributed by atoms with Gasteiger partial charge in [0.15, 0.2) is 14.4 Å². The number of urea groups is 1. The van der Waals surface area contributed by atoms with Crippen molar-refractivity contribution in [2.45, 2.75) is 51.0 Å². The van der Waals surface area contributed by atoms with Crippen molar-refractivity contribution >= 4 is 44.4 Å². The van der Waals surface area contributed by atoms with E-state index < -0.39 is 30.4 Å². The van der Waals surface area contributed by atoms with Gasteiger partial charge in [-0.25, -0.2) is 9.69 Å². The molecule has 2 atom stereocenters. The van der Waals surface area contributed by atoms with Crippen molar-refractivity contribution in [3.8, 4) is 0 Å². The van der Waals surface area contributed by atoms with E-state index in [4.69, 9.17) is 21.7 Å². The van der Waals surface area contributed by atoms with Gasteiger partial charge in [0, 0.05) is 0 Å². The van der Waals surface area contributed by atoms with E-state index in [1.54, 1.807) is 42.7 Å². The predicted molar refractivity (Wildman–Crippen MR) is 137 cm³/mol. The van der Waals surface area contributed by atoms with Gasteiger partial charge >= 0.3 is 6.03 Å². The largest absolute Gasteiger partial charge is 0.470 e. The van der Waals surface area contributed by atoms with Crippen molar-refractivity contribution in [2.75, 3.05) is 0 Å². The molecule has 0 N–H and O–H groups in total. The minimum atomic E-state index is -2.12. The summed E-state index contributed by atoms with van der Waals surface area (Å²) in [6.07, 6.45) is 0.795. The zero-order valence-corrected chi connectivity index (χ0v) is 21.5. The molecular weight excluding hydrogens is 464 g/mol. The van der Waals surface area contributed by atoms with Crippen LogP contribution in [0, 0.1) is 0 Å². The van der Waals surface area contributed by atoms with Crippen LogP contribution in [0.2, 0.25) is 18.1 Å². The molecule has 1 aromatic heterocycles. The highest BCUT2D eigenvalue weighted by atomic mass is 32.1. The van der Waals surface area contributed by atoms with Crippen molar-refractivity contribution in [3.05, 3.63) is 84.8 Å². The lowest BCUT2D eigenvalue weighted by Gasteiger charge is -2.51. The van der Waals surface area contributed by atoms with Crippen molar-refractivity contribution < 1.29 is 18.4 Å². The average Bonchev–Trinajstić information content (AvgIpc) is 3.42. The van der Waals surface area contributed by atoms with Gasteiger partial charge < -0.3 is 21.7 Å². The van der Waals surface area contributed by atoms with Gasteiger partial charge in [-0.15, -0.1) is 0 Å². The number of rotatable bonds is 8. The van der Waals surface area contributed by atoms with Gasteiger partial charge in [0.1, 0.15) is 23.2 Å². The quantitative estimate of drug-likeness (QED) is 0.155. The minimum absolute atomic E-state index is 0.363. The number of likely N-dealkylation sites (tertiary alicyclic amines) is 1. The molecule has 1 fully saturated rings. The summed E-state index contributed by atoms with van der Waals surface area (Å²) in [6, 6.07) is 23.4. The number of hydrogen-bond donors (Lipinski definition) is 0. The number of para-hydroxylation sites is 2. The number of benzene rings is 2. The molecule has 0 aliphatic carbocycles. The maximum absolute atomic E-state index is 14.2. The Morgan fingerprint density at radius 3 is 1.91 bits per heavy atom. The zero-order valence-electron chi connectivity index (χ0n) is 19.7. The fraction of sp³-hybridized carbons (Fsp3) is 0.308. The van der Waals surface area contributed by atoms with Gasteiger partial charge in [-0.1, -0.05) is 57.2 Å². The Kier molecular flexibility index (Phi) is 7.13. The molecule has 1 aliphatic rings. The van der Waals surface area contributed by atoms with E-state index in [0.29, 0.717) is 17.1 Å². The van der Waals surface area contributed by atoms with E-state index in [9.17, 15) is 9.59 Å². The lowest BCUT2D eigenvalue weighted by Crippen LogP contribution is -2.69. The normalized spacial score (nSPS) is 18.6. The number of furan rings is 1. The molecule has 2 aromatic carbocycles. The standard InChI is InChI=1S/C26H30N2O4SSi/c1-4-34(5-2,6-3)32-24-23(22-18-13-19-31-22)27(25(24)29)26(30)28(33,20-14-9-7-10-15-20)21-16-11-8-12-17-21/h7-19,23-24H,4-6H2,1-3H3/t23-,24+/m0/s1. The Morgan fingerprint density at radius 1 is 0.941 bits per heavy atom. The molecule has 0 radical (unpaired) electrons. The third-order valence-electron chi connectivity index (χ3n) is 6.91. The van der Waals surface area contributed by atoms with Crippen LogP contribution in [0.5, 0.6) is 0 Å². The molecule has 0 bridgehead atoms. The smallest absolute Gasteiger partial charge is 0.418 e. The molecule has 4 rings (SSSR count). The second kappa shape index (κ2) is 9.91. The summed E-state index contributed by atoms with van der Waals surface area (Å²) in [5.74, 6) is 0.157. The van der Waals surface area contributed by atoms with Gasteiger partial charge in [0.2, 0.25) is 0 Å². The zero-order chi connectivity index (χ0) is 24.3. The maximum atomic E-state index is 14.2. The van der Waals surface area contributed by atoms with Crippen molar-refractivity contribution in [2.24, 2.45) is 0 Å². The van der Waals surface area contributed by atoms with E-state index in [-0.39, 0.29) is 5.91 Å². The summed E-state index contributed by atoms with van der Waals surface area (Å²) in [4.78, 5) is 29.0. The second-order valence-corrected chi connectivity index (χ2v) is 13.8. The Bertz CT molecular complexity index is 1070. The first-order chi connectivity index (χ1) is 16.4.